The molecule has 3 heteroatoms. The van der Waals surface area contributed by atoms with Crippen LogP contribution in [0, 0.1) is 17.6 Å². The highest BCUT2D eigenvalue weighted by Crippen LogP contribution is 2.37. The van der Waals surface area contributed by atoms with Crippen molar-refractivity contribution in [1.29, 1.82) is 0 Å². The molecule has 0 aromatic heterocycles. The second-order valence-corrected chi connectivity index (χ2v) is 5.52. The fraction of sp³-hybridized carbons (Fsp3) is 0.333. The first-order valence-electron chi connectivity index (χ1n) is 7.30. The molecule has 0 radical (unpaired) electrons. The summed E-state index contributed by atoms with van der Waals surface area (Å²) in [5.41, 5.74) is 8.13. The summed E-state index contributed by atoms with van der Waals surface area (Å²) < 4.78 is 26.6. The van der Waals surface area contributed by atoms with Gasteiger partial charge in [-0.25, -0.2) is 8.78 Å². The van der Waals surface area contributed by atoms with Gasteiger partial charge >= 0.3 is 0 Å². The van der Waals surface area contributed by atoms with Crippen molar-refractivity contribution in [2.45, 2.75) is 32.2 Å². The van der Waals surface area contributed by atoms with E-state index in [1.165, 1.54) is 6.07 Å². The van der Waals surface area contributed by atoms with Gasteiger partial charge in [0, 0.05) is 12.0 Å². The van der Waals surface area contributed by atoms with Gasteiger partial charge in [0.1, 0.15) is 0 Å². The highest BCUT2D eigenvalue weighted by atomic mass is 19.2. The monoisotopic (exact) mass is 289 g/mol. The molecule has 112 valence electrons. The van der Waals surface area contributed by atoms with Crippen LogP contribution in [-0.4, -0.2) is 0 Å². The molecule has 0 amide bonds. The first-order valence-corrected chi connectivity index (χ1v) is 7.30. The number of halogens is 2. The second kappa shape index (κ2) is 6.81. The molecule has 0 aliphatic carbocycles. The standard InChI is InChI=1S/C18H21F2N/c1-3-12(2)17(13-7-5-4-6-8-13)18(21)14-9-10-15(19)16(20)11-14/h4-12,17-18H,3,21H2,1-2H3. The van der Waals surface area contributed by atoms with E-state index < -0.39 is 11.6 Å². The molecule has 3 unspecified atom stereocenters. The van der Waals surface area contributed by atoms with Gasteiger partial charge in [-0.05, 0) is 29.2 Å². The largest absolute Gasteiger partial charge is 0.323 e. The molecule has 3 atom stereocenters. The minimum atomic E-state index is -0.848. The van der Waals surface area contributed by atoms with E-state index in [1.807, 2.05) is 30.3 Å². The van der Waals surface area contributed by atoms with Crippen molar-refractivity contribution in [3.8, 4) is 0 Å². The average molecular weight is 289 g/mol. The fourth-order valence-corrected chi connectivity index (χ4v) is 2.75. The van der Waals surface area contributed by atoms with E-state index in [2.05, 4.69) is 13.8 Å². The highest BCUT2D eigenvalue weighted by molar-refractivity contribution is 5.29. The van der Waals surface area contributed by atoms with Crippen LogP contribution < -0.4 is 5.73 Å². The van der Waals surface area contributed by atoms with Gasteiger partial charge in [-0.2, -0.15) is 0 Å². The predicted octanol–water partition coefficient (Wildman–Crippen LogP) is 4.79. The Morgan fingerprint density at radius 1 is 0.952 bits per heavy atom. The van der Waals surface area contributed by atoms with Crippen LogP contribution in [-0.2, 0) is 0 Å². The Morgan fingerprint density at radius 2 is 1.62 bits per heavy atom. The van der Waals surface area contributed by atoms with Crippen LogP contribution in [0.1, 0.15) is 43.4 Å². The molecule has 0 saturated carbocycles. The zero-order chi connectivity index (χ0) is 15.4. The first-order chi connectivity index (χ1) is 10.0. The maximum Gasteiger partial charge on any atom is 0.159 e. The van der Waals surface area contributed by atoms with Gasteiger partial charge in [0.05, 0.1) is 0 Å². The highest BCUT2D eigenvalue weighted by Gasteiger charge is 2.26. The SMILES string of the molecule is CCC(C)C(c1ccccc1)C(N)c1ccc(F)c(F)c1. The summed E-state index contributed by atoms with van der Waals surface area (Å²) in [5, 5.41) is 0. The molecule has 21 heavy (non-hydrogen) atoms. The zero-order valence-electron chi connectivity index (χ0n) is 12.4. The average Bonchev–Trinajstić information content (AvgIpc) is 2.51. The summed E-state index contributed by atoms with van der Waals surface area (Å²) in [5.74, 6) is -1.28. The van der Waals surface area contributed by atoms with Crippen molar-refractivity contribution >= 4 is 0 Å². The molecule has 0 aliphatic heterocycles. The van der Waals surface area contributed by atoms with Crippen molar-refractivity contribution in [2.24, 2.45) is 11.7 Å². The summed E-state index contributed by atoms with van der Waals surface area (Å²) in [4.78, 5) is 0. The van der Waals surface area contributed by atoms with Crippen LogP contribution in [0.3, 0.4) is 0 Å². The van der Waals surface area contributed by atoms with Crippen molar-refractivity contribution in [2.75, 3.05) is 0 Å². The number of rotatable bonds is 5. The first kappa shape index (κ1) is 15.6. The van der Waals surface area contributed by atoms with Crippen LogP contribution in [0.5, 0.6) is 0 Å². The summed E-state index contributed by atoms with van der Waals surface area (Å²) in [6.45, 7) is 4.25. The lowest BCUT2D eigenvalue weighted by Crippen LogP contribution is -2.25. The molecular formula is C18H21F2N. The van der Waals surface area contributed by atoms with Crippen molar-refractivity contribution in [1.82, 2.24) is 0 Å². The van der Waals surface area contributed by atoms with E-state index in [9.17, 15) is 8.78 Å². The molecule has 0 spiro atoms. The number of nitrogens with two attached hydrogens (primary N) is 1. The maximum absolute atomic E-state index is 13.5. The summed E-state index contributed by atoms with van der Waals surface area (Å²) in [6, 6.07) is 13.5. The van der Waals surface area contributed by atoms with Gasteiger partial charge in [-0.1, -0.05) is 56.7 Å². The van der Waals surface area contributed by atoms with Crippen molar-refractivity contribution in [3.05, 3.63) is 71.3 Å². The van der Waals surface area contributed by atoms with Gasteiger partial charge < -0.3 is 5.73 Å². The van der Waals surface area contributed by atoms with Crippen LogP contribution in [0.15, 0.2) is 48.5 Å². The molecule has 1 nitrogen and oxygen atoms in total. The summed E-state index contributed by atoms with van der Waals surface area (Å²) >= 11 is 0. The van der Waals surface area contributed by atoms with Crippen LogP contribution >= 0.6 is 0 Å². The van der Waals surface area contributed by atoms with E-state index in [0.717, 1.165) is 18.1 Å². The van der Waals surface area contributed by atoms with Crippen molar-refractivity contribution in [3.63, 3.8) is 0 Å². The van der Waals surface area contributed by atoms with Gasteiger partial charge in [0.25, 0.3) is 0 Å². The quantitative estimate of drug-likeness (QED) is 0.841. The summed E-state index contributed by atoms with van der Waals surface area (Å²) in [7, 11) is 0. The Kier molecular flexibility index (Phi) is 5.07. The van der Waals surface area contributed by atoms with Gasteiger partial charge in [0.2, 0.25) is 0 Å². The number of benzene rings is 2. The van der Waals surface area contributed by atoms with E-state index in [4.69, 9.17) is 5.73 Å². The van der Waals surface area contributed by atoms with E-state index >= 15 is 0 Å². The normalized spacial score (nSPS) is 15.5. The molecule has 2 aromatic carbocycles. The fourth-order valence-electron chi connectivity index (χ4n) is 2.75. The third-order valence-corrected chi connectivity index (χ3v) is 4.16. The topological polar surface area (TPSA) is 26.0 Å². The second-order valence-electron chi connectivity index (χ2n) is 5.52. The van der Waals surface area contributed by atoms with Gasteiger partial charge in [0.15, 0.2) is 11.6 Å². The molecule has 2 N–H and O–H groups in total. The third kappa shape index (κ3) is 3.48. The molecule has 2 rings (SSSR count). The molecule has 0 fully saturated rings. The Hall–Kier alpha value is -1.74. The minimum absolute atomic E-state index is 0.0704. The molecule has 0 saturated heterocycles. The Bertz CT molecular complexity index is 583. The van der Waals surface area contributed by atoms with Crippen molar-refractivity contribution < 1.29 is 8.78 Å². The summed E-state index contributed by atoms with van der Waals surface area (Å²) in [6.07, 6.45) is 0.969. The van der Waals surface area contributed by atoms with Gasteiger partial charge in [-0.15, -0.1) is 0 Å². The van der Waals surface area contributed by atoms with E-state index in [0.29, 0.717) is 11.5 Å². The Morgan fingerprint density at radius 3 is 2.19 bits per heavy atom. The third-order valence-electron chi connectivity index (χ3n) is 4.16. The number of hydrogen-bond acceptors (Lipinski definition) is 1. The predicted molar refractivity (Wildman–Crippen MR) is 81.9 cm³/mol. The molecular weight excluding hydrogens is 268 g/mol. The minimum Gasteiger partial charge on any atom is -0.323 e. The molecule has 0 heterocycles. The lowest BCUT2D eigenvalue weighted by Gasteiger charge is -2.30. The zero-order valence-corrected chi connectivity index (χ0v) is 12.4. The van der Waals surface area contributed by atoms with Crippen LogP contribution in [0.2, 0.25) is 0 Å². The number of hydrogen-bond donors (Lipinski definition) is 1. The van der Waals surface area contributed by atoms with E-state index in [1.54, 1.807) is 6.07 Å². The smallest absolute Gasteiger partial charge is 0.159 e. The molecule has 0 bridgehead atoms. The van der Waals surface area contributed by atoms with E-state index in [-0.39, 0.29) is 12.0 Å². The van der Waals surface area contributed by atoms with Crippen LogP contribution in [0.25, 0.3) is 0 Å². The van der Waals surface area contributed by atoms with Crippen LogP contribution in [0.4, 0.5) is 8.78 Å². The maximum atomic E-state index is 13.5. The molecule has 2 aromatic rings. The molecule has 0 aliphatic rings. The Labute approximate surface area is 124 Å². The lowest BCUT2D eigenvalue weighted by atomic mass is 9.78. The Balaban J connectivity index is 2.38. The van der Waals surface area contributed by atoms with Gasteiger partial charge in [-0.3, -0.25) is 0 Å². The lowest BCUT2D eigenvalue weighted by molar-refractivity contribution is 0.386.